The molecule has 5 nitrogen and oxygen atoms in total. The molecular weight excluding hydrogens is 427 g/mol. The highest BCUT2D eigenvalue weighted by Crippen LogP contribution is 2.38. The number of fused-ring (bicyclic) bond motifs is 2. The maximum Gasteiger partial charge on any atom is 0.410 e. The largest absolute Gasteiger partial charge is 0.444 e. The molecule has 7 heteroatoms. The lowest BCUT2D eigenvalue weighted by Crippen LogP contribution is -2.53. The number of carbonyl (C=O) groups is 2. The smallest absolute Gasteiger partial charge is 0.410 e. The molecule has 1 aromatic carbocycles. The van der Waals surface area contributed by atoms with Gasteiger partial charge in [-0.25, -0.2) is 9.18 Å². The number of hydrogen-bond acceptors (Lipinski definition) is 3. The third kappa shape index (κ3) is 4.34. The second-order valence-corrected chi connectivity index (χ2v) is 9.61. The molecule has 2 fully saturated rings. The van der Waals surface area contributed by atoms with Gasteiger partial charge in [0.15, 0.2) is 0 Å². The van der Waals surface area contributed by atoms with Gasteiger partial charge in [-0.1, -0.05) is 15.9 Å². The van der Waals surface area contributed by atoms with Crippen LogP contribution in [0.5, 0.6) is 0 Å². The number of alkyl halides is 1. The summed E-state index contributed by atoms with van der Waals surface area (Å²) in [7, 11) is 1.80. The van der Waals surface area contributed by atoms with Crippen LogP contribution in [-0.2, 0) is 11.4 Å². The van der Waals surface area contributed by atoms with Crippen molar-refractivity contribution in [3.63, 3.8) is 0 Å². The van der Waals surface area contributed by atoms with Crippen LogP contribution in [0.1, 0.15) is 62.4 Å². The van der Waals surface area contributed by atoms with E-state index in [9.17, 15) is 14.0 Å². The van der Waals surface area contributed by atoms with Crippen LogP contribution >= 0.6 is 15.9 Å². The van der Waals surface area contributed by atoms with Gasteiger partial charge >= 0.3 is 6.09 Å². The molecule has 3 rings (SSSR count). The van der Waals surface area contributed by atoms with E-state index >= 15 is 0 Å². The molecule has 2 heterocycles. The van der Waals surface area contributed by atoms with Gasteiger partial charge in [-0.2, -0.15) is 0 Å². The minimum absolute atomic E-state index is 0.0566. The Labute approximate surface area is 174 Å². The molecule has 0 radical (unpaired) electrons. The topological polar surface area (TPSA) is 49.9 Å². The fraction of sp³-hybridized carbons (Fsp3) is 0.619. The van der Waals surface area contributed by atoms with Crippen LogP contribution in [0.15, 0.2) is 22.7 Å². The third-order valence-electron chi connectivity index (χ3n) is 5.62. The molecule has 0 spiro atoms. The molecule has 2 unspecified atom stereocenters. The summed E-state index contributed by atoms with van der Waals surface area (Å²) in [5, 5.41) is 0. The quantitative estimate of drug-likeness (QED) is 0.650. The Morgan fingerprint density at radius 2 is 1.86 bits per heavy atom. The third-order valence-corrected chi connectivity index (χ3v) is 6.39. The first-order chi connectivity index (χ1) is 13.1. The van der Waals surface area contributed by atoms with E-state index in [1.54, 1.807) is 30.1 Å². The van der Waals surface area contributed by atoms with Gasteiger partial charge in [-0.15, -0.1) is 0 Å². The summed E-state index contributed by atoms with van der Waals surface area (Å²) >= 11 is 3.30. The van der Waals surface area contributed by atoms with Crippen LogP contribution < -0.4 is 0 Å². The number of amides is 2. The van der Waals surface area contributed by atoms with Crippen LogP contribution in [0.2, 0.25) is 0 Å². The zero-order chi connectivity index (χ0) is 20.6. The standard InChI is InChI=1S/C21H28BrFN2O3/c1-21(2,3)28-20(27)25-15-6-7-16(25)11-17(10-15)24(4)19(26)13-5-8-18(22)14(9-13)12-23/h5,8-9,15-17H,6-7,10-12H2,1-4H3. The van der Waals surface area contributed by atoms with E-state index in [0.717, 1.165) is 25.7 Å². The molecule has 28 heavy (non-hydrogen) atoms. The number of halogens is 2. The number of piperidine rings is 1. The first-order valence-electron chi connectivity index (χ1n) is 9.73. The molecular formula is C21H28BrFN2O3. The Morgan fingerprint density at radius 1 is 1.25 bits per heavy atom. The Hall–Kier alpha value is -1.63. The van der Waals surface area contributed by atoms with Crippen molar-refractivity contribution in [2.75, 3.05) is 7.05 Å². The van der Waals surface area contributed by atoms with Crippen LogP contribution in [0.4, 0.5) is 9.18 Å². The van der Waals surface area contributed by atoms with Gasteiger partial charge in [0.05, 0.1) is 0 Å². The zero-order valence-corrected chi connectivity index (χ0v) is 18.5. The number of nitrogens with zero attached hydrogens (tertiary/aromatic N) is 2. The summed E-state index contributed by atoms with van der Waals surface area (Å²) in [5.41, 5.74) is 0.440. The molecule has 0 aliphatic carbocycles. The number of carbonyl (C=O) groups excluding carboxylic acids is 2. The Kier molecular flexibility index (Phi) is 6.03. The lowest BCUT2D eigenvalue weighted by molar-refractivity contribution is -0.00111. The lowest BCUT2D eigenvalue weighted by atomic mass is 9.96. The second-order valence-electron chi connectivity index (χ2n) is 8.75. The molecule has 0 N–H and O–H groups in total. The Bertz CT molecular complexity index is 751. The van der Waals surface area contributed by atoms with Gasteiger partial charge in [0.1, 0.15) is 12.3 Å². The summed E-state index contributed by atoms with van der Waals surface area (Å²) in [6.07, 6.45) is 3.10. The van der Waals surface area contributed by atoms with E-state index in [0.29, 0.717) is 15.6 Å². The van der Waals surface area contributed by atoms with Gasteiger partial charge in [0, 0.05) is 35.2 Å². The highest BCUT2D eigenvalue weighted by atomic mass is 79.9. The summed E-state index contributed by atoms with van der Waals surface area (Å²) in [6.45, 7) is 4.99. The number of ether oxygens (including phenoxy) is 1. The first kappa shape index (κ1) is 21.1. The van der Waals surface area contributed by atoms with Crippen molar-refractivity contribution in [2.24, 2.45) is 0 Å². The zero-order valence-electron chi connectivity index (χ0n) is 16.9. The number of rotatable bonds is 3. The SMILES string of the molecule is CN(C(=O)c1ccc(Br)c(CF)c1)C1CC2CCC(C1)N2C(=O)OC(C)(C)C. The highest BCUT2D eigenvalue weighted by molar-refractivity contribution is 9.10. The fourth-order valence-corrected chi connectivity index (χ4v) is 4.61. The average molecular weight is 455 g/mol. The minimum atomic E-state index is -0.621. The van der Waals surface area contributed by atoms with Gasteiger partial charge in [0.2, 0.25) is 0 Å². The molecule has 2 bridgehead atoms. The van der Waals surface area contributed by atoms with Crippen molar-refractivity contribution in [2.45, 2.75) is 76.9 Å². The minimum Gasteiger partial charge on any atom is -0.444 e. The van der Waals surface area contributed by atoms with Crippen molar-refractivity contribution >= 4 is 27.9 Å². The van der Waals surface area contributed by atoms with Gasteiger partial charge < -0.3 is 14.5 Å². The van der Waals surface area contributed by atoms with E-state index in [1.165, 1.54) is 0 Å². The van der Waals surface area contributed by atoms with E-state index < -0.39 is 12.3 Å². The van der Waals surface area contributed by atoms with Crippen LogP contribution in [0.3, 0.4) is 0 Å². The molecule has 2 atom stereocenters. The predicted octanol–water partition coefficient (Wildman–Crippen LogP) is 4.92. The molecule has 2 aliphatic heterocycles. The normalized spacial score (nSPS) is 24.2. The average Bonchev–Trinajstić information content (AvgIpc) is 2.89. The number of hydrogen-bond donors (Lipinski definition) is 0. The van der Waals surface area contributed by atoms with Crippen molar-refractivity contribution in [3.8, 4) is 0 Å². The van der Waals surface area contributed by atoms with E-state index in [4.69, 9.17) is 4.74 Å². The first-order valence-corrected chi connectivity index (χ1v) is 10.5. The van der Waals surface area contributed by atoms with Crippen molar-refractivity contribution in [3.05, 3.63) is 33.8 Å². The van der Waals surface area contributed by atoms with E-state index in [-0.39, 0.29) is 30.1 Å². The van der Waals surface area contributed by atoms with Crippen molar-refractivity contribution < 1.29 is 18.7 Å². The van der Waals surface area contributed by atoms with Crippen LogP contribution in [-0.4, -0.2) is 52.6 Å². The van der Waals surface area contributed by atoms with Crippen LogP contribution in [0.25, 0.3) is 0 Å². The summed E-state index contributed by atoms with van der Waals surface area (Å²) in [5.74, 6) is -0.114. The van der Waals surface area contributed by atoms with Gasteiger partial charge in [0.25, 0.3) is 5.91 Å². The molecule has 154 valence electrons. The molecule has 2 saturated heterocycles. The molecule has 2 aliphatic rings. The monoisotopic (exact) mass is 454 g/mol. The Balaban J connectivity index is 1.70. The molecule has 0 aromatic heterocycles. The molecule has 0 saturated carbocycles. The Morgan fingerprint density at radius 3 is 2.39 bits per heavy atom. The van der Waals surface area contributed by atoms with Crippen molar-refractivity contribution in [1.29, 1.82) is 0 Å². The summed E-state index contributed by atoms with van der Waals surface area (Å²) in [6, 6.07) is 5.28. The summed E-state index contributed by atoms with van der Waals surface area (Å²) < 4.78 is 19.4. The van der Waals surface area contributed by atoms with E-state index in [1.807, 2.05) is 25.7 Å². The highest BCUT2D eigenvalue weighted by Gasteiger charge is 2.46. The van der Waals surface area contributed by atoms with Crippen LogP contribution in [0, 0.1) is 0 Å². The van der Waals surface area contributed by atoms with Gasteiger partial charge in [-0.3, -0.25) is 4.79 Å². The molecule has 1 aromatic rings. The maximum atomic E-state index is 13.1. The number of benzene rings is 1. The fourth-order valence-electron chi connectivity index (χ4n) is 4.26. The predicted molar refractivity (Wildman–Crippen MR) is 109 cm³/mol. The molecule has 2 amide bonds. The lowest BCUT2D eigenvalue weighted by Gasteiger charge is -2.42. The maximum absolute atomic E-state index is 13.1. The summed E-state index contributed by atoms with van der Waals surface area (Å²) in [4.78, 5) is 29.2. The van der Waals surface area contributed by atoms with Gasteiger partial charge in [-0.05, 0) is 70.2 Å². The van der Waals surface area contributed by atoms with E-state index in [2.05, 4.69) is 15.9 Å². The van der Waals surface area contributed by atoms with Crippen molar-refractivity contribution in [1.82, 2.24) is 9.80 Å². The second kappa shape index (κ2) is 8.01.